The van der Waals surface area contributed by atoms with Crippen LogP contribution in [-0.4, -0.2) is 10.5 Å². The summed E-state index contributed by atoms with van der Waals surface area (Å²) in [4.78, 5) is 23.6. The number of pyridine rings is 1. The van der Waals surface area contributed by atoms with Crippen molar-refractivity contribution in [3.05, 3.63) is 64.1 Å². The molecule has 1 aromatic heterocycles. The van der Waals surface area contributed by atoms with Crippen LogP contribution >= 0.6 is 0 Å². The number of carbonyl (C=O) groups is 1. The lowest BCUT2D eigenvalue weighted by atomic mass is 10.2. The van der Waals surface area contributed by atoms with E-state index in [4.69, 9.17) is 0 Å². The molecule has 2 rings (SSSR count). The Balaban J connectivity index is 2.12. The molecule has 1 N–H and O–H groups in total. The quantitative estimate of drug-likeness (QED) is 0.914. The van der Waals surface area contributed by atoms with Gasteiger partial charge < -0.3 is 9.88 Å². The molecule has 0 atom stereocenters. The average molecular weight is 256 g/mol. The zero-order valence-corrected chi connectivity index (χ0v) is 11.0. The molecule has 0 spiro atoms. The Kier molecular flexibility index (Phi) is 3.80. The topological polar surface area (TPSA) is 51.1 Å². The fourth-order valence-electron chi connectivity index (χ4n) is 1.89. The maximum atomic E-state index is 11.9. The molecule has 1 aromatic carbocycles. The highest BCUT2D eigenvalue weighted by molar-refractivity contribution is 5.90. The van der Waals surface area contributed by atoms with Gasteiger partial charge in [-0.3, -0.25) is 9.59 Å². The van der Waals surface area contributed by atoms with E-state index in [0.29, 0.717) is 0 Å². The van der Waals surface area contributed by atoms with Crippen LogP contribution in [0.4, 0.5) is 5.69 Å². The number of aryl methyl sites for hydroxylation is 2. The zero-order chi connectivity index (χ0) is 13.8. The third-order valence-corrected chi connectivity index (χ3v) is 2.87. The fraction of sp³-hybridized carbons (Fsp3) is 0.200. The lowest BCUT2D eigenvalue weighted by Crippen LogP contribution is -2.28. The summed E-state index contributed by atoms with van der Waals surface area (Å²) in [7, 11) is 0. The van der Waals surface area contributed by atoms with Gasteiger partial charge in [-0.15, -0.1) is 0 Å². The molecule has 0 unspecified atom stereocenters. The first-order chi connectivity index (χ1) is 9.06. The van der Waals surface area contributed by atoms with Crippen LogP contribution in [-0.2, 0) is 11.3 Å². The van der Waals surface area contributed by atoms with Gasteiger partial charge in [-0.25, -0.2) is 0 Å². The fourth-order valence-corrected chi connectivity index (χ4v) is 1.89. The Labute approximate surface area is 111 Å². The second-order valence-electron chi connectivity index (χ2n) is 4.51. The Morgan fingerprint density at radius 3 is 2.58 bits per heavy atom. The van der Waals surface area contributed by atoms with Crippen LogP contribution in [0.5, 0.6) is 0 Å². The van der Waals surface area contributed by atoms with E-state index in [1.807, 2.05) is 31.2 Å². The second-order valence-corrected chi connectivity index (χ2v) is 4.51. The van der Waals surface area contributed by atoms with E-state index in [9.17, 15) is 9.59 Å². The van der Waals surface area contributed by atoms with Crippen molar-refractivity contribution in [2.75, 3.05) is 5.32 Å². The van der Waals surface area contributed by atoms with Crippen LogP contribution in [0.25, 0.3) is 0 Å². The summed E-state index contributed by atoms with van der Waals surface area (Å²) in [5.41, 5.74) is 2.42. The molecule has 98 valence electrons. The molecule has 0 aliphatic rings. The summed E-state index contributed by atoms with van der Waals surface area (Å²) >= 11 is 0. The predicted molar refractivity (Wildman–Crippen MR) is 75.2 cm³/mol. The summed E-state index contributed by atoms with van der Waals surface area (Å²) in [6.45, 7) is 3.79. The van der Waals surface area contributed by atoms with E-state index in [1.54, 1.807) is 19.1 Å². The summed E-state index contributed by atoms with van der Waals surface area (Å²) in [6.07, 6.45) is 0. The minimum atomic E-state index is -0.206. The number of nitrogens with one attached hydrogen (secondary N) is 1. The van der Waals surface area contributed by atoms with Gasteiger partial charge in [-0.05, 0) is 37.6 Å². The monoisotopic (exact) mass is 256 g/mol. The van der Waals surface area contributed by atoms with E-state index in [0.717, 1.165) is 16.9 Å². The number of amides is 1. The van der Waals surface area contributed by atoms with Crippen molar-refractivity contribution in [2.45, 2.75) is 20.4 Å². The molecule has 4 nitrogen and oxygen atoms in total. The van der Waals surface area contributed by atoms with E-state index in [1.165, 1.54) is 10.6 Å². The number of nitrogens with zero attached hydrogens (tertiary/aromatic N) is 1. The molecule has 2 aromatic rings. The van der Waals surface area contributed by atoms with Crippen molar-refractivity contribution in [1.29, 1.82) is 0 Å². The third-order valence-electron chi connectivity index (χ3n) is 2.87. The molecule has 0 radical (unpaired) electrons. The summed E-state index contributed by atoms with van der Waals surface area (Å²) in [5, 5.41) is 2.79. The van der Waals surface area contributed by atoms with Gasteiger partial charge >= 0.3 is 0 Å². The Bertz CT molecular complexity index is 659. The van der Waals surface area contributed by atoms with Gasteiger partial charge in [0.1, 0.15) is 6.54 Å². The Hall–Kier alpha value is -2.36. The summed E-state index contributed by atoms with van der Waals surface area (Å²) in [5.74, 6) is -0.206. The maximum absolute atomic E-state index is 11.9. The van der Waals surface area contributed by atoms with Crippen LogP contribution in [0, 0.1) is 13.8 Å². The van der Waals surface area contributed by atoms with Gasteiger partial charge in [-0.2, -0.15) is 0 Å². The van der Waals surface area contributed by atoms with Gasteiger partial charge in [0.05, 0.1) is 0 Å². The van der Waals surface area contributed by atoms with Gasteiger partial charge in [0.15, 0.2) is 0 Å². The number of carbonyl (C=O) groups excluding carboxylic acids is 1. The highest BCUT2D eigenvalue weighted by Gasteiger charge is 2.06. The Morgan fingerprint density at radius 1 is 1.16 bits per heavy atom. The normalized spacial score (nSPS) is 10.2. The van der Waals surface area contributed by atoms with Crippen LogP contribution < -0.4 is 10.9 Å². The molecule has 1 amide bonds. The molecule has 19 heavy (non-hydrogen) atoms. The SMILES string of the molecule is Cc1cccc(NC(=O)Cn2c(C)cccc2=O)c1. The minimum absolute atomic E-state index is 0.0272. The standard InChI is InChI=1S/C15H16N2O2/c1-11-5-3-7-13(9-11)16-14(18)10-17-12(2)6-4-8-15(17)19/h3-9H,10H2,1-2H3,(H,16,18). The zero-order valence-electron chi connectivity index (χ0n) is 11.0. The second kappa shape index (κ2) is 5.52. The van der Waals surface area contributed by atoms with Gasteiger partial charge in [0.2, 0.25) is 5.91 Å². The number of aromatic nitrogens is 1. The maximum Gasteiger partial charge on any atom is 0.251 e. The molecule has 0 saturated carbocycles. The third kappa shape index (κ3) is 3.31. The van der Waals surface area contributed by atoms with Crippen molar-refractivity contribution in [3.63, 3.8) is 0 Å². The number of rotatable bonds is 3. The first-order valence-corrected chi connectivity index (χ1v) is 6.09. The molecular weight excluding hydrogens is 240 g/mol. The lowest BCUT2D eigenvalue weighted by molar-refractivity contribution is -0.116. The molecule has 0 aliphatic carbocycles. The summed E-state index contributed by atoms with van der Waals surface area (Å²) in [6, 6.07) is 12.5. The molecule has 0 fully saturated rings. The predicted octanol–water partition coefficient (Wildman–Crippen LogP) is 2.10. The first-order valence-electron chi connectivity index (χ1n) is 6.09. The van der Waals surface area contributed by atoms with Crippen LogP contribution in [0.1, 0.15) is 11.3 Å². The number of benzene rings is 1. The molecule has 1 heterocycles. The van der Waals surface area contributed by atoms with Gasteiger partial charge in [0, 0.05) is 17.4 Å². The van der Waals surface area contributed by atoms with E-state index < -0.39 is 0 Å². The van der Waals surface area contributed by atoms with Crippen molar-refractivity contribution in [2.24, 2.45) is 0 Å². The molecule has 0 bridgehead atoms. The van der Waals surface area contributed by atoms with E-state index in [2.05, 4.69) is 5.32 Å². The van der Waals surface area contributed by atoms with Crippen molar-refractivity contribution < 1.29 is 4.79 Å². The van der Waals surface area contributed by atoms with Crippen LogP contribution in [0.2, 0.25) is 0 Å². The molecule has 0 saturated heterocycles. The van der Waals surface area contributed by atoms with Crippen molar-refractivity contribution in [1.82, 2.24) is 4.57 Å². The van der Waals surface area contributed by atoms with Crippen LogP contribution in [0.3, 0.4) is 0 Å². The van der Waals surface area contributed by atoms with Crippen LogP contribution in [0.15, 0.2) is 47.3 Å². The average Bonchev–Trinajstić information content (AvgIpc) is 2.34. The van der Waals surface area contributed by atoms with Gasteiger partial charge in [0.25, 0.3) is 5.56 Å². The van der Waals surface area contributed by atoms with E-state index >= 15 is 0 Å². The molecular formula is C15H16N2O2. The van der Waals surface area contributed by atoms with Crippen molar-refractivity contribution in [3.8, 4) is 0 Å². The molecule has 0 aliphatic heterocycles. The number of anilines is 1. The van der Waals surface area contributed by atoms with Gasteiger partial charge in [-0.1, -0.05) is 18.2 Å². The number of hydrogen-bond acceptors (Lipinski definition) is 2. The first kappa shape index (κ1) is 13.1. The van der Waals surface area contributed by atoms with E-state index in [-0.39, 0.29) is 18.0 Å². The number of hydrogen-bond donors (Lipinski definition) is 1. The summed E-state index contributed by atoms with van der Waals surface area (Å²) < 4.78 is 1.45. The lowest BCUT2D eigenvalue weighted by Gasteiger charge is -2.10. The Morgan fingerprint density at radius 2 is 1.89 bits per heavy atom. The van der Waals surface area contributed by atoms with Crippen molar-refractivity contribution >= 4 is 11.6 Å². The highest BCUT2D eigenvalue weighted by atomic mass is 16.2. The highest BCUT2D eigenvalue weighted by Crippen LogP contribution is 2.09. The molecule has 4 heteroatoms. The minimum Gasteiger partial charge on any atom is -0.325 e. The smallest absolute Gasteiger partial charge is 0.251 e. The largest absolute Gasteiger partial charge is 0.325 e.